The van der Waals surface area contributed by atoms with Gasteiger partial charge in [0.1, 0.15) is 0 Å². The van der Waals surface area contributed by atoms with Crippen molar-refractivity contribution < 1.29 is 0 Å². The van der Waals surface area contributed by atoms with Gasteiger partial charge in [-0.2, -0.15) is 0 Å². The molecule has 0 aromatic carbocycles. The summed E-state index contributed by atoms with van der Waals surface area (Å²) in [6.45, 7) is 2.47. The van der Waals surface area contributed by atoms with Crippen LogP contribution >= 0.6 is 0 Å². The predicted molar refractivity (Wildman–Crippen MR) is 218 cm³/mol. The molecular weight excluding hydrogens is 629 g/mol. The monoisotopic (exact) mass is 705 g/mol. The van der Waals surface area contributed by atoms with E-state index in [1.165, 1.54) is 161 Å². The van der Waals surface area contributed by atoms with Crippen LogP contribution < -0.4 is 5.32 Å². The highest BCUT2D eigenvalue weighted by atomic mass is 15.2. The van der Waals surface area contributed by atoms with E-state index in [0.717, 1.165) is 83.3 Å². The summed E-state index contributed by atoms with van der Waals surface area (Å²) in [5.41, 5.74) is 7.36. The minimum atomic E-state index is 0.806. The van der Waals surface area contributed by atoms with Crippen molar-refractivity contribution in [1.82, 2.24) is 10.2 Å². The summed E-state index contributed by atoms with van der Waals surface area (Å²) < 4.78 is 0. The third kappa shape index (κ3) is 6.70. The van der Waals surface area contributed by atoms with E-state index in [-0.39, 0.29) is 0 Å². The summed E-state index contributed by atoms with van der Waals surface area (Å²) in [5.74, 6) is 9.55. The minimum Gasteiger partial charge on any atom is -0.369 e. The van der Waals surface area contributed by atoms with Crippen LogP contribution in [0.5, 0.6) is 0 Å². The SMILES string of the molecule is CC1=CCC2C3=CC(C4CCC(NC5CCCCC5)CC4)CC4C5CC(C6=CC=C(N(C7CCCCC7)C7CCCCC7)CC6)CCC5C(C2C1)C34. The molecule has 2 nitrogen and oxygen atoms in total. The van der Waals surface area contributed by atoms with Crippen LogP contribution in [0.3, 0.4) is 0 Å². The first-order valence-electron chi connectivity index (χ1n) is 24.0. The van der Waals surface area contributed by atoms with Gasteiger partial charge in [-0.3, -0.25) is 0 Å². The lowest BCUT2D eigenvalue weighted by Crippen LogP contribution is -2.44. The second-order valence-electron chi connectivity index (χ2n) is 20.9. The molecule has 0 saturated heterocycles. The molecule has 0 radical (unpaired) electrons. The van der Waals surface area contributed by atoms with Crippen LogP contribution in [-0.2, 0) is 0 Å². The van der Waals surface area contributed by atoms with Crippen LogP contribution in [0.2, 0.25) is 0 Å². The maximum atomic E-state index is 4.17. The average Bonchev–Trinajstić information content (AvgIpc) is 3.70. The Bertz CT molecular complexity index is 1350. The average molecular weight is 705 g/mol. The fourth-order valence-corrected chi connectivity index (χ4v) is 16.1. The molecule has 10 aliphatic rings. The number of rotatable bonds is 7. The van der Waals surface area contributed by atoms with Gasteiger partial charge in [0.05, 0.1) is 0 Å². The van der Waals surface area contributed by atoms with Crippen molar-refractivity contribution in [2.24, 2.45) is 59.2 Å². The smallest absolute Gasteiger partial charge is 0.0290 e. The quantitative estimate of drug-likeness (QED) is 0.265. The fraction of sp³-hybridized carbons (Fsp3) is 0.840. The van der Waals surface area contributed by atoms with Crippen molar-refractivity contribution >= 4 is 0 Å². The van der Waals surface area contributed by atoms with Gasteiger partial charge in [0.25, 0.3) is 0 Å². The van der Waals surface area contributed by atoms with Crippen molar-refractivity contribution in [2.75, 3.05) is 0 Å². The van der Waals surface area contributed by atoms with E-state index < -0.39 is 0 Å². The predicted octanol–water partition coefficient (Wildman–Crippen LogP) is 12.9. The van der Waals surface area contributed by atoms with E-state index in [1.807, 2.05) is 11.1 Å². The molecule has 9 atom stereocenters. The number of nitrogens with one attached hydrogen (secondary N) is 1. The Labute approximate surface area is 319 Å². The Morgan fingerprint density at radius 2 is 1.31 bits per heavy atom. The molecule has 286 valence electrons. The van der Waals surface area contributed by atoms with Gasteiger partial charge in [-0.15, -0.1) is 0 Å². The Morgan fingerprint density at radius 3 is 2.00 bits per heavy atom. The molecule has 7 saturated carbocycles. The number of nitrogens with zero attached hydrogens (tertiary/aromatic N) is 1. The number of hydrogen-bond donors (Lipinski definition) is 1. The highest BCUT2D eigenvalue weighted by molar-refractivity contribution is 5.34. The zero-order valence-corrected chi connectivity index (χ0v) is 33.4. The fourth-order valence-electron chi connectivity index (χ4n) is 16.1. The van der Waals surface area contributed by atoms with Gasteiger partial charge in [0.15, 0.2) is 0 Å². The third-order valence-electron chi connectivity index (χ3n) is 18.3. The van der Waals surface area contributed by atoms with Crippen LogP contribution in [-0.4, -0.2) is 29.1 Å². The number of allylic oxidation sites excluding steroid dienone is 8. The molecule has 0 aliphatic heterocycles. The van der Waals surface area contributed by atoms with E-state index in [4.69, 9.17) is 0 Å². The first-order chi connectivity index (χ1) is 25.7. The topological polar surface area (TPSA) is 15.3 Å². The standard InChI is InChI=1S/C50H76N2/c1-33-17-27-43-46(29-33)49-44-28-22-36(34-20-25-42(26-21-34)52(40-13-7-3-8-14-40)41-15-9-4-10-16-41)30-45(44)48-32-37(31-47(43)50(48)49)35-18-23-39(24-19-35)51-38-11-5-2-6-12-38/h17,20,25,31,35-41,43-46,48-51H,2-16,18-19,21-24,26-30,32H2,1H3. The molecule has 0 spiro atoms. The molecular formula is C50H76N2. The van der Waals surface area contributed by atoms with Gasteiger partial charge in [0, 0.05) is 29.9 Å². The number of hydrogen-bond acceptors (Lipinski definition) is 2. The summed E-state index contributed by atoms with van der Waals surface area (Å²) in [4.78, 5) is 3.05. The van der Waals surface area contributed by atoms with E-state index in [2.05, 4.69) is 41.4 Å². The van der Waals surface area contributed by atoms with E-state index >= 15 is 0 Å². The molecule has 10 rings (SSSR count). The highest BCUT2D eigenvalue weighted by Gasteiger charge is 2.62. The zero-order valence-electron chi connectivity index (χ0n) is 33.4. The lowest BCUT2D eigenvalue weighted by molar-refractivity contribution is 0.109. The first kappa shape index (κ1) is 35.2. The van der Waals surface area contributed by atoms with Crippen molar-refractivity contribution in [1.29, 1.82) is 0 Å². The van der Waals surface area contributed by atoms with Gasteiger partial charge in [-0.25, -0.2) is 0 Å². The molecule has 0 aromatic rings. The van der Waals surface area contributed by atoms with Crippen molar-refractivity contribution in [3.8, 4) is 0 Å². The Kier molecular flexibility index (Phi) is 10.4. The molecule has 0 aromatic heterocycles. The Hall–Kier alpha value is -1.28. The second-order valence-corrected chi connectivity index (χ2v) is 20.9. The second kappa shape index (κ2) is 15.3. The van der Waals surface area contributed by atoms with Crippen molar-refractivity contribution in [3.63, 3.8) is 0 Å². The summed E-state index contributed by atoms with van der Waals surface area (Å²) in [7, 11) is 0. The molecule has 0 amide bonds. The molecule has 52 heavy (non-hydrogen) atoms. The molecule has 7 fully saturated rings. The van der Waals surface area contributed by atoms with E-state index in [0.29, 0.717) is 0 Å². The number of fused-ring (bicyclic) bond motifs is 6. The largest absolute Gasteiger partial charge is 0.369 e. The lowest BCUT2D eigenvalue weighted by atomic mass is 9.61. The summed E-state index contributed by atoms with van der Waals surface area (Å²) >= 11 is 0. The Morgan fingerprint density at radius 1 is 0.615 bits per heavy atom. The van der Waals surface area contributed by atoms with Gasteiger partial charge < -0.3 is 10.2 Å². The molecule has 2 heteroatoms. The van der Waals surface area contributed by atoms with E-state index in [9.17, 15) is 0 Å². The van der Waals surface area contributed by atoms with Crippen LogP contribution in [0.15, 0.2) is 46.7 Å². The maximum Gasteiger partial charge on any atom is 0.0290 e. The first-order valence-corrected chi connectivity index (χ1v) is 24.0. The highest BCUT2D eigenvalue weighted by Crippen LogP contribution is 2.70. The maximum absolute atomic E-state index is 4.17. The van der Waals surface area contributed by atoms with Crippen molar-refractivity contribution in [2.45, 2.75) is 204 Å². The molecule has 0 bridgehead atoms. The van der Waals surface area contributed by atoms with Crippen LogP contribution in [0.1, 0.15) is 180 Å². The van der Waals surface area contributed by atoms with Crippen LogP contribution in [0.25, 0.3) is 0 Å². The lowest BCUT2D eigenvalue weighted by Gasteiger charge is -2.46. The summed E-state index contributed by atoms with van der Waals surface area (Å²) in [6.07, 6.45) is 50.4. The van der Waals surface area contributed by atoms with Crippen molar-refractivity contribution in [3.05, 3.63) is 46.7 Å². The van der Waals surface area contributed by atoms with Crippen LogP contribution in [0.4, 0.5) is 0 Å². The molecule has 0 heterocycles. The van der Waals surface area contributed by atoms with Gasteiger partial charge in [-0.05, 0) is 188 Å². The third-order valence-corrected chi connectivity index (χ3v) is 18.3. The van der Waals surface area contributed by atoms with E-state index in [1.54, 1.807) is 24.1 Å². The van der Waals surface area contributed by atoms with Gasteiger partial charge >= 0.3 is 0 Å². The summed E-state index contributed by atoms with van der Waals surface area (Å²) in [5, 5.41) is 4.17. The minimum absolute atomic E-state index is 0.806. The summed E-state index contributed by atoms with van der Waals surface area (Å²) in [6, 6.07) is 3.30. The zero-order chi connectivity index (χ0) is 34.6. The Balaban J connectivity index is 0.859. The molecule has 9 unspecified atom stereocenters. The normalized spacial score (nSPS) is 43.1. The van der Waals surface area contributed by atoms with Gasteiger partial charge in [0.2, 0.25) is 0 Å². The van der Waals surface area contributed by atoms with Crippen LogP contribution in [0, 0.1) is 59.2 Å². The molecule has 10 aliphatic carbocycles. The van der Waals surface area contributed by atoms with Gasteiger partial charge in [-0.1, -0.05) is 92.7 Å². The molecule has 1 N–H and O–H groups in total.